The van der Waals surface area contributed by atoms with Gasteiger partial charge in [-0.2, -0.15) is 0 Å². The van der Waals surface area contributed by atoms with E-state index in [9.17, 15) is 0 Å². The van der Waals surface area contributed by atoms with Crippen LogP contribution in [-0.2, 0) is 0 Å². The number of rotatable bonds is 1. The molecule has 3 heteroatoms. The molecular weight excluding hydrogens is 188 g/mol. The highest BCUT2D eigenvalue weighted by atomic mass is 16.5. The quantitative estimate of drug-likeness (QED) is 0.773. The molecule has 2 aromatic rings. The smallest absolute Gasteiger partial charge is 0.172 e. The second kappa shape index (κ2) is 3.42. The summed E-state index contributed by atoms with van der Waals surface area (Å²) < 4.78 is 5.24. The molecule has 0 unspecified atom stereocenters. The van der Waals surface area contributed by atoms with Crippen molar-refractivity contribution in [1.29, 1.82) is 0 Å². The molecular formula is C12H14N2O. The number of anilines is 1. The Morgan fingerprint density at radius 1 is 1.20 bits per heavy atom. The van der Waals surface area contributed by atoms with E-state index in [4.69, 9.17) is 10.3 Å². The third kappa shape index (κ3) is 1.61. The van der Waals surface area contributed by atoms with Crippen molar-refractivity contribution in [2.75, 3.05) is 5.73 Å². The normalized spacial score (nSPS) is 10.6. The summed E-state index contributed by atoms with van der Waals surface area (Å²) in [6.07, 6.45) is 0. The van der Waals surface area contributed by atoms with E-state index in [1.165, 1.54) is 11.1 Å². The molecule has 1 aromatic heterocycles. The average Bonchev–Trinajstić information content (AvgIpc) is 2.52. The summed E-state index contributed by atoms with van der Waals surface area (Å²) in [7, 11) is 0. The van der Waals surface area contributed by atoms with Crippen molar-refractivity contribution in [3.8, 4) is 11.3 Å². The van der Waals surface area contributed by atoms with Crippen LogP contribution in [0.15, 0.2) is 22.7 Å². The van der Waals surface area contributed by atoms with Crippen molar-refractivity contribution < 1.29 is 4.52 Å². The number of aryl methyl sites for hydroxylation is 2. The van der Waals surface area contributed by atoms with Crippen molar-refractivity contribution in [3.63, 3.8) is 0 Å². The summed E-state index contributed by atoms with van der Waals surface area (Å²) in [5.74, 6) is 1.24. The SMILES string of the molecule is Cc1ccc(C)c(-c2onc(N)c2C)c1. The van der Waals surface area contributed by atoms with Crippen LogP contribution in [0.3, 0.4) is 0 Å². The van der Waals surface area contributed by atoms with Crippen molar-refractivity contribution in [3.05, 3.63) is 34.9 Å². The van der Waals surface area contributed by atoms with Crippen LogP contribution in [0.5, 0.6) is 0 Å². The zero-order valence-electron chi connectivity index (χ0n) is 9.16. The monoisotopic (exact) mass is 202 g/mol. The molecule has 2 N–H and O–H groups in total. The van der Waals surface area contributed by atoms with Crippen molar-refractivity contribution in [2.24, 2.45) is 0 Å². The Hall–Kier alpha value is -1.77. The number of aromatic nitrogens is 1. The molecule has 0 spiro atoms. The van der Waals surface area contributed by atoms with E-state index < -0.39 is 0 Å². The summed E-state index contributed by atoms with van der Waals surface area (Å²) in [6.45, 7) is 6.02. The van der Waals surface area contributed by atoms with Gasteiger partial charge in [-0.3, -0.25) is 0 Å². The predicted octanol–water partition coefficient (Wildman–Crippen LogP) is 2.85. The van der Waals surface area contributed by atoms with Gasteiger partial charge < -0.3 is 10.3 Å². The number of nitrogen functional groups attached to an aromatic ring is 1. The van der Waals surface area contributed by atoms with Gasteiger partial charge >= 0.3 is 0 Å². The molecule has 0 atom stereocenters. The summed E-state index contributed by atoms with van der Waals surface area (Å²) in [5.41, 5.74) is 10.00. The van der Waals surface area contributed by atoms with Gasteiger partial charge in [-0.05, 0) is 32.4 Å². The lowest BCUT2D eigenvalue weighted by atomic mass is 10.0. The Morgan fingerprint density at radius 2 is 1.93 bits per heavy atom. The first-order valence-electron chi connectivity index (χ1n) is 4.89. The van der Waals surface area contributed by atoms with Crippen LogP contribution in [0.2, 0.25) is 0 Å². The minimum atomic E-state index is 0.464. The van der Waals surface area contributed by atoms with Gasteiger partial charge in [0, 0.05) is 11.1 Å². The van der Waals surface area contributed by atoms with Crippen molar-refractivity contribution >= 4 is 5.82 Å². The first-order chi connectivity index (χ1) is 7.09. The standard InChI is InChI=1S/C12H14N2O/c1-7-4-5-8(2)10(6-7)11-9(3)12(13)14-15-11/h4-6H,1-3H3,(H2,13,14). The predicted molar refractivity (Wildman–Crippen MR) is 60.6 cm³/mol. The fraction of sp³-hybridized carbons (Fsp3) is 0.250. The molecule has 3 nitrogen and oxygen atoms in total. The summed E-state index contributed by atoms with van der Waals surface area (Å²) in [4.78, 5) is 0. The molecule has 0 aliphatic heterocycles. The van der Waals surface area contributed by atoms with E-state index in [1.54, 1.807) is 0 Å². The minimum absolute atomic E-state index is 0.464. The fourth-order valence-corrected chi connectivity index (χ4v) is 1.58. The van der Waals surface area contributed by atoms with Crippen molar-refractivity contribution in [2.45, 2.75) is 20.8 Å². The van der Waals surface area contributed by atoms with Gasteiger partial charge in [0.15, 0.2) is 11.6 Å². The third-order valence-corrected chi connectivity index (χ3v) is 2.60. The highest BCUT2D eigenvalue weighted by Gasteiger charge is 2.13. The molecule has 0 fully saturated rings. The number of nitrogens with zero attached hydrogens (tertiary/aromatic N) is 1. The first kappa shape index (κ1) is 9.77. The molecule has 0 aliphatic rings. The molecule has 1 heterocycles. The molecule has 0 amide bonds. The largest absolute Gasteiger partial charge is 0.381 e. The van der Waals surface area contributed by atoms with Crippen LogP contribution in [0.1, 0.15) is 16.7 Å². The van der Waals surface area contributed by atoms with Gasteiger partial charge in [-0.25, -0.2) is 0 Å². The Labute approximate surface area is 88.9 Å². The van der Waals surface area contributed by atoms with Gasteiger partial charge in [-0.1, -0.05) is 22.9 Å². The molecule has 0 saturated heterocycles. The molecule has 15 heavy (non-hydrogen) atoms. The van der Waals surface area contributed by atoms with E-state index in [1.807, 2.05) is 13.8 Å². The topological polar surface area (TPSA) is 52.0 Å². The van der Waals surface area contributed by atoms with Crippen LogP contribution in [-0.4, -0.2) is 5.16 Å². The minimum Gasteiger partial charge on any atom is -0.381 e. The number of hydrogen-bond acceptors (Lipinski definition) is 3. The average molecular weight is 202 g/mol. The lowest BCUT2D eigenvalue weighted by molar-refractivity contribution is 0.435. The van der Waals surface area contributed by atoms with Crippen LogP contribution < -0.4 is 5.73 Å². The Bertz CT molecular complexity index is 500. The number of benzene rings is 1. The molecule has 1 aromatic carbocycles. The van der Waals surface area contributed by atoms with Gasteiger partial charge in [0.05, 0.1) is 0 Å². The highest BCUT2D eigenvalue weighted by Crippen LogP contribution is 2.29. The van der Waals surface area contributed by atoms with Gasteiger partial charge in [0.25, 0.3) is 0 Å². The van der Waals surface area contributed by atoms with Crippen LogP contribution in [0, 0.1) is 20.8 Å². The van der Waals surface area contributed by atoms with E-state index in [0.717, 1.165) is 16.9 Å². The second-order valence-corrected chi connectivity index (χ2v) is 3.84. The van der Waals surface area contributed by atoms with Crippen LogP contribution in [0.4, 0.5) is 5.82 Å². The van der Waals surface area contributed by atoms with E-state index in [2.05, 4.69) is 30.3 Å². The Kier molecular flexibility index (Phi) is 2.23. The zero-order valence-corrected chi connectivity index (χ0v) is 9.16. The molecule has 0 bridgehead atoms. The molecule has 2 rings (SSSR count). The lowest BCUT2D eigenvalue weighted by Gasteiger charge is -2.03. The van der Waals surface area contributed by atoms with Gasteiger partial charge in [0.1, 0.15) is 0 Å². The van der Waals surface area contributed by atoms with Crippen LogP contribution >= 0.6 is 0 Å². The summed E-state index contributed by atoms with van der Waals surface area (Å²) in [6, 6.07) is 6.24. The molecule has 0 aliphatic carbocycles. The summed E-state index contributed by atoms with van der Waals surface area (Å²) in [5, 5.41) is 3.77. The van der Waals surface area contributed by atoms with E-state index in [-0.39, 0.29) is 0 Å². The third-order valence-electron chi connectivity index (χ3n) is 2.60. The summed E-state index contributed by atoms with van der Waals surface area (Å²) >= 11 is 0. The van der Waals surface area contributed by atoms with Crippen molar-refractivity contribution in [1.82, 2.24) is 5.16 Å². The van der Waals surface area contributed by atoms with Gasteiger partial charge in [0.2, 0.25) is 0 Å². The maximum Gasteiger partial charge on any atom is 0.172 e. The maximum atomic E-state index is 5.66. The number of nitrogens with two attached hydrogens (primary N) is 1. The molecule has 78 valence electrons. The highest BCUT2D eigenvalue weighted by molar-refractivity contribution is 5.69. The lowest BCUT2D eigenvalue weighted by Crippen LogP contribution is -1.88. The van der Waals surface area contributed by atoms with E-state index >= 15 is 0 Å². The molecule has 0 saturated carbocycles. The Balaban J connectivity index is 2.63. The zero-order chi connectivity index (χ0) is 11.0. The maximum absolute atomic E-state index is 5.66. The fourth-order valence-electron chi connectivity index (χ4n) is 1.58. The van der Waals surface area contributed by atoms with Crippen LogP contribution in [0.25, 0.3) is 11.3 Å². The molecule has 0 radical (unpaired) electrons. The first-order valence-corrected chi connectivity index (χ1v) is 4.89. The second-order valence-electron chi connectivity index (χ2n) is 3.84. The van der Waals surface area contributed by atoms with E-state index in [0.29, 0.717) is 5.82 Å². The Morgan fingerprint density at radius 3 is 2.53 bits per heavy atom. The number of hydrogen-bond donors (Lipinski definition) is 1. The van der Waals surface area contributed by atoms with Gasteiger partial charge in [-0.15, -0.1) is 0 Å².